The average Bonchev–Trinajstić information content (AvgIpc) is 2.96. The van der Waals surface area contributed by atoms with Gasteiger partial charge >= 0.3 is 0 Å². The molecule has 4 heteroatoms. The predicted octanol–water partition coefficient (Wildman–Crippen LogP) is 3.39. The van der Waals surface area contributed by atoms with Crippen molar-refractivity contribution in [3.63, 3.8) is 0 Å². The zero-order valence-corrected chi connectivity index (χ0v) is 12.5. The van der Waals surface area contributed by atoms with Crippen molar-refractivity contribution in [2.45, 2.75) is 52.1 Å². The fourth-order valence-corrected chi connectivity index (χ4v) is 3.78. The summed E-state index contributed by atoms with van der Waals surface area (Å²) in [5, 5.41) is 10.5. The first kappa shape index (κ1) is 13.8. The van der Waals surface area contributed by atoms with E-state index in [0.29, 0.717) is 5.92 Å². The first-order valence-electron chi connectivity index (χ1n) is 6.93. The summed E-state index contributed by atoms with van der Waals surface area (Å²) in [7, 11) is 2.13. The monoisotopic (exact) mass is 268 g/mol. The first-order chi connectivity index (χ1) is 8.61. The van der Waals surface area contributed by atoms with Crippen molar-refractivity contribution in [3.05, 3.63) is 10.6 Å². The molecule has 0 saturated heterocycles. The van der Waals surface area contributed by atoms with Gasteiger partial charge in [0.1, 0.15) is 0 Å². The van der Waals surface area contributed by atoms with E-state index in [2.05, 4.69) is 25.8 Å². The largest absolute Gasteiger partial charge is 0.391 e. The molecule has 1 heterocycles. The topological polar surface area (TPSA) is 36.4 Å². The molecule has 1 N–H and O–H groups in total. The Hall–Kier alpha value is -0.610. The van der Waals surface area contributed by atoms with Gasteiger partial charge in [0.15, 0.2) is 5.13 Å². The molecule has 0 radical (unpaired) electrons. The molecule has 1 aromatic rings. The molecule has 1 aromatic heterocycles. The number of nitrogens with zero attached hydrogens (tertiary/aromatic N) is 2. The van der Waals surface area contributed by atoms with Gasteiger partial charge in [-0.2, -0.15) is 0 Å². The van der Waals surface area contributed by atoms with E-state index in [0.717, 1.165) is 28.2 Å². The summed E-state index contributed by atoms with van der Waals surface area (Å²) in [6, 6.07) is 0. The Bertz CT molecular complexity index is 383. The third-order valence-corrected chi connectivity index (χ3v) is 4.91. The number of aliphatic hydroxyl groups is 1. The highest BCUT2D eigenvalue weighted by Crippen LogP contribution is 2.32. The van der Waals surface area contributed by atoms with Gasteiger partial charge in [0.05, 0.1) is 17.2 Å². The van der Waals surface area contributed by atoms with E-state index in [1.165, 1.54) is 25.7 Å². The smallest absolute Gasteiger partial charge is 0.185 e. The minimum atomic E-state index is 0.114. The summed E-state index contributed by atoms with van der Waals surface area (Å²) >= 11 is 1.64. The van der Waals surface area contributed by atoms with Gasteiger partial charge in [-0.1, -0.05) is 38.0 Å². The molecule has 2 rings (SSSR count). The number of hydrogen-bond donors (Lipinski definition) is 1. The van der Waals surface area contributed by atoms with Crippen LogP contribution in [0.2, 0.25) is 0 Å². The first-order valence-corrected chi connectivity index (χ1v) is 7.75. The van der Waals surface area contributed by atoms with E-state index >= 15 is 0 Å². The van der Waals surface area contributed by atoms with Crippen molar-refractivity contribution in [2.24, 2.45) is 5.92 Å². The fraction of sp³-hybridized carbons (Fsp3) is 0.786. The molecule has 1 aliphatic carbocycles. The molecule has 1 saturated carbocycles. The molecule has 1 aliphatic rings. The lowest BCUT2D eigenvalue weighted by molar-refractivity contribution is 0.283. The molecule has 0 spiro atoms. The van der Waals surface area contributed by atoms with Crippen LogP contribution in [0.3, 0.4) is 0 Å². The van der Waals surface area contributed by atoms with Gasteiger partial charge in [-0.3, -0.25) is 0 Å². The standard InChI is InChI=1S/C14H24N2OS/c1-10(2)13-12(9-17)18-14(15-13)16(3)8-11-6-4-5-7-11/h10-11,17H,4-9H2,1-3H3. The summed E-state index contributed by atoms with van der Waals surface area (Å²) in [4.78, 5) is 8.00. The predicted molar refractivity (Wildman–Crippen MR) is 77.4 cm³/mol. The number of rotatable bonds is 5. The molecule has 0 atom stereocenters. The highest BCUT2D eigenvalue weighted by molar-refractivity contribution is 7.15. The highest BCUT2D eigenvalue weighted by atomic mass is 32.1. The van der Waals surface area contributed by atoms with Crippen molar-refractivity contribution in [2.75, 3.05) is 18.5 Å². The van der Waals surface area contributed by atoms with Crippen molar-refractivity contribution < 1.29 is 5.11 Å². The van der Waals surface area contributed by atoms with Crippen LogP contribution < -0.4 is 4.90 Å². The van der Waals surface area contributed by atoms with Crippen LogP contribution in [0.5, 0.6) is 0 Å². The maximum atomic E-state index is 9.40. The molecular weight excluding hydrogens is 244 g/mol. The van der Waals surface area contributed by atoms with Gasteiger partial charge < -0.3 is 10.0 Å². The number of thiazole rings is 1. The van der Waals surface area contributed by atoms with Crippen LogP contribution in [-0.2, 0) is 6.61 Å². The number of hydrogen-bond acceptors (Lipinski definition) is 4. The van der Waals surface area contributed by atoms with Crippen LogP contribution >= 0.6 is 11.3 Å². The lowest BCUT2D eigenvalue weighted by Crippen LogP contribution is -2.23. The Morgan fingerprint density at radius 2 is 2.06 bits per heavy atom. The molecular formula is C14H24N2OS. The zero-order chi connectivity index (χ0) is 13.1. The zero-order valence-electron chi connectivity index (χ0n) is 11.6. The molecule has 1 fully saturated rings. The van der Waals surface area contributed by atoms with Crippen molar-refractivity contribution in [3.8, 4) is 0 Å². The third kappa shape index (κ3) is 3.04. The van der Waals surface area contributed by atoms with E-state index in [4.69, 9.17) is 4.98 Å². The van der Waals surface area contributed by atoms with Gasteiger partial charge in [0, 0.05) is 13.6 Å². The average molecular weight is 268 g/mol. The van der Waals surface area contributed by atoms with Crippen molar-refractivity contribution >= 4 is 16.5 Å². The van der Waals surface area contributed by atoms with E-state index < -0.39 is 0 Å². The maximum Gasteiger partial charge on any atom is 0.185 e. The SMILES string of the molecule is CC(C)c1nc(N(C)CC2CCCC2)sc1CO. The fourth-order valence-electron chi connectivity index (χ4n) is 2.74. The van der Waals surface area contributed by atoms with Gasteiger partial charge in [-0.05, 0) is 24.7 Å². The Balaban J connectivity index is 2.07. The summed E-state index contributed by atoms with van der Waals surface area (Å²) in [6.45, 7) is 5.49. The molecule has 0 bridgehead atoms. The second-order valence-corrected chi connectivity index (χ2v) is 6.71. The van der Waals surface area contributed by atoms with Gasteiger partial charge in [0.2, 0.25) is 0 Å². The summed E-state index contributed by atoms with van der Waals surface area (Å²) < 4.78 is 0. The third-order valence-electron chi connectivity index (χ3n) is 3.74. The molecule has 18 heavy (non-hydrogen) atoms. The number of anilines is 1. The van der Waals surface area contributed by atoms with Crippen LogP contribution in [0.15, 0.2) is 0 Å². The molecule has 0 aliphatic heterocycles. The second kappa shape index (κ2) is 6.02. The summed E-state index contributed by atoms with van der Waals surface area (Å²) in [5.41, 5.74) is 1.07. The van der Waals surface area contributed by atoms with Crippen LogP contribution in [0.25, 0.3) is 0 Å². The lowest BCUT2D eigenvalue weighted by atomic mass is 10.1. The minimum Gasteiger partial charge on any atom is -0.391 e. The summed E-state index contributed by atoms with van der Waals surface area (Å²) in [6.07, 6.45) is 5.49. The van der Waals surface area contributed by atoms with Crippen LogP contribution in [0.4, 0.5) is 5.13 Å². The van der Waals surface area contributed by atoms with E-state index in [1.807, 2.05) is 0 Å². The second-order valence-electron chi connectivity index (χ2n) is 5.65. The van der Waals surface area contributed by atoms with Crippen LogP contribution in [-0.4, -0.2) is 23.7 Å². The molecule has 0 unspecified atom stereocenters. The van der Waals surface area contributed by atoms with Crippen molar-refractivity contribution in [1.82, 2.24) is 4.98 Å². The Morgan fingerprint density at radius 3 is 2.56 bits per heavy atom. The van der Waals surface area contributed by atoms with Gasteiger partial charge in [-0.15, -0.1) is 0 Å². The molecule has 0 amide bonds. The van der Waals surface area contributed by atoms with E-state index in [-0.39, 0.29) is 6.61 Å². The van der Waals surface area contributed by atoms with E-state index in [1.54, 1.807) is 11.3 Å². The minimum absolute atomic E-state index is 0.114. The van der Waals surface area contributed by atoms with E-state index in [9.17, 15) is 5.11 Å². The Morgan fingerprint density at radius 1 is 1.39 bits per heavy atom. The van der Waals surface area contributed by atoms with Crippen molar-refractivity contribution in [1.29, 1.82) is 0 Å². The van der Waals surface area contributed by atoms with Crippen LogP contribution in [0, 0.1) is 5.92 Å². The van der Waals surface area contributed by atoms with Crippen LogP contribution in [0.1, 0.15) is 56.0 Å². The highest BCUT2D eigenvalue weighted by Gasteiger charge is 2.20. The number of aliphatic hydroxyl groups excluding tert-OH is 1. The van der Waals surface area contributed by atoms with Gasteiger partial charge in [-0.25, -0.2) is 4.98 Å². The normalized spacial score (nSPS) is 16.7. The number of aromatic nitrogens is 1. The lowest BCUT2D eigenvalue weighted by Gasteiger charge is -2.20. The summed E-state index contributed by atoms with van der Waals surface area (Å²) in [5.74, 6) is 1.22. The maximum absolute atomic E-state index is 9.40. The molecule has 3 nitrogen and oxygen atoms in total. The Kier molecular flexibility index (Phi) is 4.62. The van der Waals surface area contributed by atoms with Gasteiger partial charge in [0.25, 0.3) is 0 Å². The quantitative estimate of drug-likeness (QED) is 0.889. The Labute approximate surface area is 114 Å². The molecule has 0 aromatic carbocycles. The molecule has 102 valence electrons.